The van der Waals surface area contributed by atoms with Crippen molar-refractivity contribution in [3.8, 4) is 0 Å². The van der Waals surface area contributed by atoms with Gasteiger partial charge in [0.15, 0.2) is 0 Å². The van der Waals surface area contributed by atoms with Crippen LogP contribution in [0.25, 0.3) is 0 Å². The highest BCUT2D eigenvalue weighted by molar-refractivity contribution is 7.80. The largest absolute Gasteiger partial charge is 0.0798 e. The van der Waals surface area contributed by atoms with Crippen molar-refractivity contribution < 1.29 is 0 Å². The molecule has 0 bridgehead atoms. The zero-order valence-corrected chi connectivity index (χ0v) is 7.29. The van der Waals surface area contributed by atoms with Gasteiger partial charge < -0.3 is 0 Å². The van der Waals surface area contributed by atoms with Crippen LogP contribution in [-0.2, 0) is 12.8 Å². The average molecular weight is 163 g/mol. The molecule has 0 nitrogen and oxygen atoms in total. The zero-order chi connectivity index (χ0) is 7.68. The van der Waals surface area contributed by atoms with Gasteiger partial charge in [-0.3, -0.25) is 0 Å². The molecular weight excluding hydrogens is 152 g/mol. The molecule has 1 aliphatic carbocycles. The second kappa shape index (κ2) is 2.82. The summed E-state index contributed by atoms with van der Waals surface area (Å²) in [5, 5.41) is 0. The van der Waals surface area contributed by atoms with Crippen LogP contribution in [0.2, 0.25) is 0 Å². The van der Waals surface area contributed by atoms with Crippen molar-refractivity contribution >= 4 is 12.6 Å². The first-order chi connectivity index (χ1) is 5.38. The van der Waals surface area contributed by atoms with Crippen LogP contribution < -0.4 is 0 Å². The summed E-state index contributed by atoms with van der Waals surface area (Å²) in [5.41, 5.74) is 2.93. The van der Waals surface area contributed by atoms with Gasteiger partial charge in [-0.05, 0) is 42.9 Å². The van der Waals surface area contributed by atoms with E-state index in [2.05, 4.69) is 12.1 Å². The Morgan fingerprint density at radius 2 is 1.91 bits per heavy atom. The predicted octanol–water partition coefficient (Wildman–Crippen LogP) is 3.12. The first-order valence-electron chi connectivity index (χ1n) is 4.16. The van der Waals surface area contributed by atoms with Crippen molar-refractivity contribution in [1.29, 1.82) is 0 Å². The Hall–Kier alpha value is -0.560. The van der Waals surface area contributed by atoms with Crippen molar-refractivity contribution in [2.45, 2.75) is 30.6 Å². The molecule has 1 aromatic rings. The summed E-state index contributed by atoms with van der Waals surface area (Å²) < 4.78 is 0. The number of fused-ring (bicyclic) bond motifs is 1. The highest BCUT2D eigenvalue weighted by atomic mass is 32.1. The van der Waals surface area contributed by atoms with E-state index in [1.54, 1.807) is 0 Å². The molecule has 0 aliphatic heterocycles. The van der Waals surface area contributed by atoms with Crippen molar-refractivity contribution in [2.75, 3.05) is 0 Å². The average Bonchev–Trinajstić information content (AvgIpc) is 2.06. The second-order valence-corrected chi connectivity index (χ2v) is 3.54. The maximum atomic E-state index is 5.24. The molecule has 11 heavy (non-hydrogen) atoms. The maximum Gasteiger partial charge on any atom is 0.0411 e. The Morgan fingerprint density at radius 3 is 2.73 bits per heavy atom. The predicted molar refractivity (Wildman–Crippen MR) is 48.9 cm³/mol. The molecule has 1 aliphatic rings. The minimum absolute atomic E-state index is 1.07. The Labute approximate surface area is 73.0 Å². The van der Waals surface area contributed by atoms with Crippen LogP contribution in [0.1, 0.15) is 24.0 Å². The molecule has 57 valence electrons. The minimum Gasteiger partial charge on any atom is -0.0798 e. The van der Waals surface area contributed by atoms with Crippen LogP contribution >= 0.6 is 12.6 Å². The molecule has 0 saturated heterocycles. The Morgan fingerprint density at radius 1 is 1.09 bits per heavy atom. The van der Waals surface area contributed by atoms with E-state index in [0.717, 1.165) is 4.90 Å². The standard InChI is InChI=1S/C10H11S/c11-10-7-3-5-8-4-1-2-6-9(8)10/h3,5,7H,1-2,4,6H2. The molecule has 1 heteroatoms. The van der Waals surface area contributed by atoms with E-state index >= 15 is 0 Å². The molecule has 0 heterocycles. The Bertz CT molecular complexity index is 266. The summed E-state index contributed by atoms with van der Waals surface area (Å²) >= 11 is 5.24. The van der Waals surface area contributed by atoms with Crippen LogP contribution in [0.5, 0.6) is 0 Å². The maximum absolute atomic E-state index is 5.24. The fourth-order valence-electron chi connectivity index (χ4n) is 1.75. The molecule has 2 rings (SSSR count). The molecule has 0 spiro atoms. The van der Waals surface area contributed by atoms with Crippen molar-refractivity contribution in [3.05, 3.63) is 29.3 Å². The number of hydrogen-bond acceptors (Lipinski definition) is 0. The van der Waals surface area contributed by atoms with Crippen molar-refractivity contribution in [1.82, 2.24) is 0 Å². The third-order valence-corrected chi connectivity index (χ3v) is 2.74. The molecule has 0 N–H and O–H groups in total. The summed E-state index contributed by atoms with van der Waals surface area (Å²) in [4.78, 5) is 1.07. The highest BCUT2D eigenvalue weighted by Gasteiger charge is 2.10. The lowest BCUT2D eigenvalue weighted by Gasteiger charge is -2.15. The van der Waals surface area contributed by atoms with Gasteiger partial charge in [0.1, 0.15) is 0 Å². The first kappa shape index (κ1) is 7.11. The summed E-state index contributed by atoms with van der Waals surface area (Å²) in [6.45, 7) is 0. The topological polar surface area (TPSA) is 0 Å². The minimum atomic E-state index is 1.07. The lowest BCUT2D eigenvalue weighted by molar-refractivity contribution is 0.676. The van der Waals surface area contributed by atoms with Gasteiger partial charge in [0, 0.05) is 4.90 Å². The highest BCUT2D eigenvalue weighted by Crippen LogP contribution is 2.26. The summed E-state index contributed by atoms with van der Waals surface area (Å²) in [6.07, 6.45) is 5.10. The summed E-state index contributed by atoms with van der Waals surface area (Å²) in [5.74, 6) is 0. The first-order valence-corrected chi connectivity index (χ1v) is 4.56. The monoisotopic (exact) mass is 163 g/mol. The smallest absolute Gasteiger partial charge is 0.0411 e. The van der Waals surface area contributed by atoms with Gasteiger partial charge in [-0.15, -0.1) is 0 Å². The molecule has 0 aromatic heterocycles. The van der Waals surface area contributed by atoms with E-state index in [4.69, 9.17) is 12.6 Å². The summed E-state index contributed by atoms with van der Waals surface area (Å²) in [6, 6.07) is 6.33. The van der Waals surface area contributed by atoms with E-state index in [0.29, 0.717) is 0 Å². The van der Waals surface area contributed by atoms with Crippen LogP contribution in [0.4, 0.5) is 0 Å². The van der Waals surface area contributed by atoms with E-state index in [1.807, 2.05) is 6.07 Å². The second-order valence-electron chi connectivity index (χ2n) is 3.10. The van der Waals surface area contributed by atoms with Crippen LogP contribution in [0.15, 0.2) is 23.1 Å². The molecule has 0 fully saturated rings. The van der Waals surface area contributed by atoms with Gasteiger partial charge in [0.2, 0.25) is 0 Å². The Kier molecular flexibility index (Phi) is 1.82. The molecule has 1 radical (unpaired) electrons. The van der Waals surface area contributed by atoms with Crippen molar-refractivity contribution in [2.24, 2.45) is 0 Å². The third-order valence-electron chi connectivity index (χ3n) is 2.35. The molecule has 0 saturated carbocycles. The van der Waals surface area contributed by atoms with E-state index < -0.39 is 0 Å². The normalized spacial score (nSPS) is 16.0. The molecule has 0 unspecified atom stereocenters. The fraction of sp³-hybridized carbons (Fsp3) is 0.400. The molecule has 0 atom stereocenters. The van der Waals surface area contributed by atoms with Gasteiger partial charge >= 0.3 is 0 Å². The van der Waals surface area contributed by atoms with Crippen LogP contribution in [0, 0.1) is 0 Å². The Balaban J connectivity index is 2.49. The van der Waals surface area contributed by atoms with Crippen LogP contribution in [0.3, 0.4) is 0 Å². The lowest BCUT2D eigenvalue weighted by atomic mass is 9.92. The third kappa shape index (κ3) is 1.25. The summed E-state index contributed by atoms with van der Waals surface area (Å²) in [7, 11) is 0. The zero-order valence-electron chi connectivity index (χ0n) is 6.47. The van der Waals surface area contributed by atoms with Gasteiger partial charge in [-0.2, -0.15) is 0 Å². The fourth-order valence-corrected chi connectivity index (χ4v) is 2.06. The number of aryl methyl sites for hydroxylation is 1. The molecule has 1 aromatic carbocycles. The van der Waals surface area contributed by atoms with Gasteiger partial charge in [0.05, 0.1) is 0 Å². The molecular formula is C10H11S. The van der Waals surface area contributed by atoms with E-state index in [9.17, 15) is 0 Å². The number of hydrogen-bond donors (Lipinski definition) is 0. The number of rotatable bonds is 0. The van der Waals surface area contributed by atoms with E-state index in [-0.39, 0.29) is 0 Å². The molecule has 0 amide bonds. The van der Waals surface area contributed by atoms with Gasteiger partial charge in [-0.25, -0.2) is 0 Å². The van der Waals surface area contributed by atoms with Gasteiger partial charge in [0.25, 0.3) is 0 Å². The van der Waals surface area contributed by atoms with Crippen LogP contribution in [-0.4, -0.2) is 0 Å². The SMILES string of the molecule is [S]c1cccc2c1CCCC2. The van der Waals surface area contributed by atoms with E-state index in [1.165, 1.54) is 36.8 Å². The van der Waals surface area contributed by atoms with Crippen molar-refractivity contribution in [3.63, 3.8) is 0 Å². The quantitative estimate of drug-likeness (QED) is 0.551. The van der Waals surface area contributed by atoms with Gasteiger partial charge in [-0.1, -0.05) is 24.8 Å². The lowest BCUT2D eigenvalue weighted by Crippen LogP contribution is -2.02. The number of benzene rings is 1.